The SMILES string of the molecule is CCC1CN(CC(O)C(=O)OC)C1. The van der Waals surface area contributed by atoms with Crippen LogP contribution in [0.4, 0.5) is 0 Å². The maximum atomic E-state index is 10.8. The summed E-state index contributed by atoms with van der Waals surface area (Å²) in [5.41, 5.74) is 0. The number of rotatable bonds is 4. The van der Waals surface area contributed by atoms with Gasteiger partial charge in [-0.2, -0.15) is 0 Å². The maximum absolute atomic E-state index is 10.8. The van der Waals surface area contributed by atoms with Crippen LogP contribution in [0.1, 0.15) is 13.3 Å². The lowest BCUT2D eigenvalue weighted by Crippen LogP contribution is -2.50. The smallest absolute Gasteiger partial charge is 0.336 e. The first-order chi connectivity index (χ1) is 6.17. The summed E-state index contributed by atoms with van der Waals surface area (Å²) in [4.78, 5) is 12.9. The Bertz CT molecular complexity index is 178. The second kappa shape index (κ2) is 4.58. The summed E-state index contributed by atoms with van der Waals surface area (Å²) in [5.74, 6) is 0.199. The summed E-state index contributed by atoms with van der Waals surface area (Å²) in [5, 5.41) is 9.30. The molecule has 1 fully saturated rings. The summed E-state index contributed by atoms with van der Waals surface area (Å²) < 4.78 is 4.42. The Morgan fingerprint density at radius 2 is 2.31 bits per heavy atom. The number of methoxy groups -OCH3 is 1. The lowest BCUT2D eigenvalue weighted by molar-refractivity contribution is -0.152. The molecule has 76 valence electrons. The van der Waals surface area contributed by atoms with Crippen molar-refractivity contribution in [2.24, 2.45) is 5.92 Å². The molecule has 1 aliphatic heterocycles. The summed E-state index contributed by atoms with van der Waals surface area (Å²) in [6.45, 7) is 4.54. The van der Waals surface area contributed by atoms with Crippen molar-refractivity contribution < 1.29 is 14.6 Å². The van der Waals surface area contributed by atoms with E-state index in [-0.39, 0.29) is 0 Å². The Kier molecular flexibility index (Phi) is 3.69. The molecular weight excluding hydrogens is 170 g/mol. The van der Waals surface area contributed by atoms with Crippen LogP contribution in [-0.4, -0.2) is 48.8 Å². The zero-order chi connectivity index (χ0) is 9.84. The number of ether oxygens (including phenoxy) is 1. The molecule has 0 aromatic rings. The van der Waals surface area contributed by atoms with Gasteiger partial charge in [0.15, 0.2) is 6.10 Å². The maximum Gasteiger partial charge on any atom is 0.336 e. The summed E-state index contributed by atoms with van der Waals surface area (Å²) in [6, 6.07) is 0. The molecule has 1 N–H and O–H groups in total. The molecule has 1 rings (SSSR count). The first kappa shape index (κ1) is 10.5. The second-order valence-corrected chi connectivity index (χ2v) is 3.53. The van der Waals surface area contributed by atoms with Gasteiger partial charge in [-0.05, 0) is 5.92 Å². The Morgan fingerprint density at radius 1 is 1.69 bits per heavy atom. The van der Waals surface area contributed by atoms with Gasteiger partial charge in [-0.15, -0.1) is 0 Å². The van der Waals surface area contributed by atoms with E-state index >= 15 is 0 Å². The molecule has 1 atom stereocenters. The molecule has 0 spiro atoms. The molecule has 4 nitrogen and oxygen atoms in total. The van der Waals surface area contributed by atoms with E-state index in [1.165, 1.54) is 13.5 Å². The van der Waals surface area contributed by atoms with Gasteiger partial charge in [-0.3, -0.25) is 4.90 Å². The van der Waals surface area contributed by atoms with Crippen LogP contribution in [0.5, 0.6) is 0 Å². The van der Waals surface area contributed by atoms with Gasteiger partial charge in [0, 0.05) is 19.6 Å². The van der Waals surface area contributed by atoms with Crippen LogP contribution < -0.4 is 0 Å². The standard InChI is InChI=1S/C9H17NO3/c1-3-7-4-10(5-7)6-8(11)9(12)13-2/h7-8,11H,3-6H2,1-2H3. The number of hydrogen-bond acceptors (Lipinski definition) is 4. The highest BCUT2D eigenvalue weighted by Crippen LogP contribution is 2.18. The summed E-state index contributed by atoms with van der Waals surface area (Å²) in [7, 11) is 1.29. The van der Waals surface area contributed by atoms with Crippen molar-refractivity contribution in [1.82, 2.24) is 4.90 Å². The quantitative estimate of drug-likeness (QED) is 0.622. The van der Waals surface area contributed by atoms with E-state index in [1.54, 1.807) is 0 Å². The Labute approximate surface area is 78.5 Å². The fraction of sp³-hybridized carbons (Fsp3) is 0.889. The first-order valence-corrected chi connectivity index (χ1v) is 4.65. The van der Waals surface area contributed by atoms with Gasteiger partial charge >= 0.3 is 5.97 Å². The molecule has 1 saturated heterocycles. The van der Waals surface area contributed by atoms with E-state index in [0.717, 1.165) is 19.0 Å². The lowest BCUT2D eigenvalue weighted by atomic mass is 9.97. The molecule has 1 aliphatic rings. The van der Waals surface area contributed by atoms with Crippen molar-refractivity contribution in [2.45, 2.75) is 19.4 Å². The van der Waals surface area contributed by atoms with Crippen molar-refractivity contribution in [3.8, 4) is 0 Å². The third-order valence-corrected chi connectivity index (χ3v) is 2.51. The molecule has 1 unspecified atom stereocenters. The molecule has 0 aliphatic carbocycles. The van der Waals surface area contributed by atoms with Crippen LogP contribution >= 0.6 is 0 Å². The van der Waals surface area contributed by atoms with E-state index in [4.69, 9.17) is 0 Å². The van der Waals surface area contributed by atoms with Crippen molar-refractivity contribution in [2.75, 3.05) is 26.7 Å². The second-order valence-electron chi connectivity index (χ2n) is 3.53. The summed E-state index contributed by atoms with van der Waals surface area (Å²) >= 11 is 0. The van der Waals surface area contributed by atoms with Crippen LogP contribution in [0, 0.1) is 5.92 Å². The molecule has 0 saturated carbocycles. The van der Waals surface area contributed by atoms with Crippen molar-refractivity contribution in [1.29, 1.82) is 0 Å². The van der Waals surface area contributed by atoms with Crippen molar-refractivity contribution in [3.63, 3.8) is 0 Å². The number of esters is 1. The lowest BCUT2D eigenvalue weighted by Gasteiger charge is -2.39. The predicted molar refractivity (Wildman–Crippen MR) is 48.2 cm³/mol. The van der Waals surface area contributed by atoms with Gasteiger partial charge in [0.1, 0.15) is 0 Å². The number of hydrogen-bond donors (Lipinski definition) is 1. The third-order valence-electron chi connectivity index (χ3n) is 2.51. The van der Waals surface area contributed by atoms with Gasteiger partial charge in [-0.25, -0.2) is 4.79 Å². The number of aliphatic hydroxyl groups excluding tert-OH is 1. The van der Waals surface area contributed by atoms with Gasteiger partial charge in [0.25, 0.3) is 0 Å². The highest BCUT2D eigenvalue weighted by Gasteiger charge is 2.28. The van der Waals surface area contributed by atoms with Gasteiger partial charge in [0.05, 0.1) is 7.11 Å². The number of nitrogens with zero attached hydrogens (tertiary/aromatic N) is 1. The van der Waals surface area contributed by atoms with E-state index in [2.05, 4.69) is 16.6 Å². The molecule has 4 heteroatoms. The van der Waals surface area contributed by atoms with E-state index < -0.39 is 12.1 Å². The van der Waals surface area contributed by atoms with Crippen LogP contribution in [0.15, 0.2) is 0 Å². The van der Waals surface area contributed by atoms with Crippen LogP contribution in [0.2, 0.25) is 0 Å². The summed E-state index contributed by atoms with van der Waals surface area (Å²) in [6.07, 6.45) is 0.188. The van der Waals surface area contributed by atoms with Gasteiger partial charge in [0.2, 0.25) is 0 Å². The molecule has 0 bridgehead atoms. The monoisotopic (exact) mass is 187 g/mol. The first-order valence-electron chi connectivity index (χ1n) is 4.65. The molecule has 1 heterocycles. The van der Waals surface area contributed by atoms with E-state index in [9.17, 15) is 9.90 Å². The zero-order valence-corrected chi connectivity index (χ0v) is 8.19. The Hall–Kier alpha value is -0.610. The predicted octanol–water partition coefficient (Wildman–Crippen LogP) is -0.138. The van der Waals surface area contributed by atoms with Crippen molar-refractivity contribution in [3.05, 3.63) is 0 Å². The third kappa shape index (κ3) is 2.67. The number of β-amino-alcohol motifs (C(OH)–C–C–N with tert-alkyl or cyclic N) is 1. The van der Waals surface area contributed by atoms with Crippen LogP contribution in [0.25, 0.3) is 0 Å². The van der Waals surface area contributed by atoms with Crippen LogP contribution in [0.3, 0.4) is 0 Å². The topological polar surface area (TPSA) is 49.8 Å². The molecule has 0 amide bonds. The van der Waals surface area contributed by atoms with Gasteiger partial charge in [-0.1, -0.05) is 13.3 Å². The normalized spacial score (nSPS) is 20.8. The van der Waals surface area contributed by atoms with Crippen molar-refractivity contribution >= 4 is 5.97 Å². The fourth-order valence-electron chi connectivity index (χ4n) is 1.54. The van der Waals surface area contributed by atoms with E-state index in [0.29, 0.717) is 6.54 Å². The Balaban J connectivity index is 2.16. The fourth-order valence-corrected chi connectivity index (χ4v) is 1.54. The Morgan fingerprint density at radius 3 is 2.77 bits per heavy atom. The molecule has 0 aromatic heterocycles. The zero-order valence-electron chi connectivity index (χ0n) is 8.19. The number of likely N-dealkylation sites (tertiary alicyclic amines) is 1. The van der Waals surface area contributed by atoms with E-state index in [1.807, 2.05) is 0 Å². The molecule has 13 heavy (non-hydrogen) atoms. The number of carbonyl (C=O) groups is 1. The minimum absolute atomic E-state index is 0.406. The van der Waals surface area contributed by atoms with Crippen LogP contribution in [-0.2, 0) is 9.53 Å². The highest BCUT2D eigenvalue weighted by molar-refractivity contribution is 5.74. The number of carbonyl (C=O) groups excluding carboxylic acids is 1. The minimum atomic E-state index is -0.984. The molecule has 0 radical (unpaired) electrons. The minimum Gasteiger partial charge on any atom is -0.467 e. The van der Waals surface area contributed by atoms with Gasteiger partial charge < -0.3 is 9.84 Å². The molecule has 0 aromatic carbocycles. The highest BCUT2D eigenvalue weighted by atomic mass is 16.5. The average Bonchev–Trinajstić information content (AvgIpc) is 2.08. The number of aliphatic hydroxyl groups is 1. The average molecular weight is 187 g/mol. The molecular formula is C9H17NO3. The largest absolute Gasteiger partial charge is 0.467 e.